The van der Waals surface area contributed by atoms with E-state index in [4.69, 9.17) is 0 Å². The third-order valence-corrected chi connectivity index (χ3v) is 3.63. The summed E-state index contributed by atoms with van der Waals surface area (Å²) in [5, 5.41) is 4.49. The molecular formula is C11H16N4S. The van der Waals surface area contributed by atoms with Gasteiger partial charge in [0.15, 0.2) is 0 Å². The van der Waals surface area contributed by atoms with Crippen molar-refractivity contribution in [3.05, 3.63) is 33.8 Å². The molecule has 0 amide bonds. The minimum Gasteiger partial charge on any atom is -0.337 e. The molecule has 0 spiro atoms. The van der Waals surface area contributed by atoms with Crippen molar-refractivity contribution in [3.8, 4) is 0 Å². The van der Waals surface area contributed by atoms with Crippen molar-refractivity contribution in [2.24, 2.45) is 7.05 Å². The van der Waals surface area contributed by atoms with Gasteiger partial charge in [0.25, 0.3) is 0 Å². The Hall–Kier alpha value is -1.20. The second-order valence-corrected chi connectivity index (χ2v) is 5.09. The van der Waals surface area contributed by atoms with E-state index in [2.05, 4.69) is 22.2 Å². The Morgan fingerprint density at radius 3 is 2.75 bits per heavy atom. The van der Waals surface area contributed by atoms with E-state index in [-0.39, 0.29) is 0 Å². The fourth-order valence-electron chi connectivity index (χ4n) is 1.46. The first-order valence-electron chi connectivity index (χ1n) is 5.26. The minimum atomic E-state index is 0.779. The maximum atomic E-state index is 4.48. The molecule has 4 nitrogen and oxygen atoms in total. The van der Waals surface area contributed by atoms with E-state index in [1.54, 1.807) is 11.3 Å². The Labute approximate surface area is 99.4 Å². The highest BCUT2D eigenvalue weighted by Gasteiger charge is 2.03. The summed E-state index contributed by atoms with van der Waals surface area (Å²) >= 11 is 1.75. The molecule has 0 saturated carbocycles. The van der Waals surface area contributed by atoms with Crippen LogP contribution in [0.3, 0.4) is 0 Å². The second-order valence-electron chi connectivity index (χ2n) is 3.81. The predicted octanol–water partition coefficient (Wildman–Crippen LogP) is 1.78. The van der Waals surface area contributed by atoms with Crippen LogP contribution in [0.25, 0.3) is 0 Å². The summed E-state index contributed by atoms with van der Waals surface area (Å²) in [5.41, 5.74) is 1.14. The number of hydrogen-bond acceptors (Lipinski definition) is 4. The molecule has 0 unspecified atom stereocenters. The summed E-state index contributed by atoms with van der Waals surface area (Å²) < 4.78 is 2.02. The van der Waals surface area contributed by atoms with Crippen molar-refractivity contribution in [2.45, 2.75) is 26.9 Å². The van der Waals surface area contributed by atoms with Crippen LogP contribution in [0.15, 0.2) is 12.4 Å². The monoisotopic (exact) mass is 236 g/mol. The standard InChI is InChI=1S/C11H16N4S/c1-8-9(2)16-11(14-8)7-12-6-10-13-4-5-15(10)3/h4-5,12H,6-7H2,1-3H3. The van der Waals surface area contributed by atoms with Gasteiger partial charge in [0.2, 0.25) is 0 Å². The lowest BCUT2D eigenvalue weighted by atomic mass is 10.4. The highest BCUT2D eigenvalue weighted by Crippen LogP contribution is 2.15. The van der Waals surface area contributed by atoms with Crippen LogP contribution in [0.5, 0.6) is 0 Å². The van der Waals surface area contributed by atoms with Gasteiger partial charge in [-0.15, -0.1) is 11.3 Å². The van der Waals surface area contributed by atoms with Crippen LogP contribution in [-0.4, -0.2) is 14.5 Å². The number of imidazole rings is 1. The molecule has 0 aliphatic rings. The van der Waals surface area contributed by atoms with Crippen molar-refractivity contribution >= 4 is 11.3 Å². The Balaban J connectivity index is 1.87. The van der Waals surface area contributed by atoms with Gasteiger partial charge >= 0.3 is 0 Å². The smallest absolute Gasteiger partial charge is 0.122 e. The summed E-state index contributed by atoms with van der Waals surface area (Å²) in [6.07, 6.45) is 3.77. The largest absolute Gasteiger partial charge is 0.337 e. The lowest BCUT2D eigenvalue weighted by Crippen LogP contribution is -2.15. The first-order valence-corrected chi connectivity index (χ1v) is 6.08. The maximum absolute atomic E-state index is 4.48. The number of rotatable bonds is 4. The summed E-state index contributed by atoms with van der Waals surface area (Å²) in [6.45, 7) is 5.75. The van der Waals surface area contributed by atoms with Gasteiger partial charge in [-0.05, 0) is 13.8 Å². The van der Waals surface area contributed by atoms with Crippen molar-refractivity contribution in [1.82, 2.24) is 19.9 Å². The second kappa shape index (κ2) is 4.76. The quantitative estimate of drug-likeness (QED) is 0.880. The average Bonchev–Trinajstić information content (AvgIpc) is 2.76. The number of hydrogen-bond donors (Lipinski definition) is 1. The molecule has 1 N–H and O–H groups in total. The van der Waals surface area contributed by atoms with Gasteiger partial charge in [0.05, 0.1) is 12.2 Å². The van der Waals surface area contributed by atoms with Crippen LogP contribution in [0.1, 0.15) is 21.4 Å². The highest BCUT2D eigenvalue weighted by molar-refractivity contribution is 7.11. The van der Waals surface area contributed by atoms with Crippen LogP contribution in [0.2, 0.25) is 0 Å². The number of aryl methyl sites for hydroxylation is 3. The van der Waals surface area contributed by atoms with E-state index in [0.717, 1.165) is 29.6 Å². The molecule has 16 heavy (non-hydrogen) atoms. The highest BCUT2D eigenvalue weighted by atomic mass is 32.1. The normalized spacial score (nSPS) is 10.9. The van der Waals surface area contributed by atoms with Gasteiger partial charge in [-0.3, -0.25) is 0 Å². The number of nitrogens with one attached hydrogen (secondary N) is 1. The molecule has 0 bridgehead atoms. The molecule has 0 aliphatic heterocycles. The molecule has 5 heteroatoms. The Morgan fingerprint density at radius 2 is 2.19 bits per heavy atom. The van der Waals surface area contributed by atoms with Crippen LogP contribution >= 0.6 is 11.3 Å². The molecule has 0 radical (unpaired) electrons. The van der Waals surface area contributed by atoms with Gasteiger partial charge < -0.3 is 9.88 Å². The van der Waals surface area contributed by atoms with E-state index in [0.29, 0.717) is 0 Å². The van der Waals surface area contributed by atoms with Crippen LogP contribution in [0, 0.1) is 13.8 Å². The van der Waals surface area contributed by atoms with Crippen molar-refractivity contribution in [2.75, 3.05) is 0 Å². The summed E-state index contributed by atoms with van der Waals surface area (Å²) in [4.78, 5) is 10.0. The molecule has 0 fully saturated rings. The molecule has 0 aromatic carbocycles. The number of nitrogens with zero attached hydrogens (tertiary/aromatic N) is 3. The fourth-order valence-corrected chi connectivity index (χ4v) is 2.37. The van der Waals surface area contributed by atoms with E-state index < -0.39 is 0 Å². The Bertz CT molecular complexity index is 453. The van der Waals surface area contributed by atoms with E-state index in [1.807, 2.05) is 30.9 Å². The zero-order chi connectivity index (χ0) is 11.5. The van der Waals surface area contributed by atoms with Crippen LogP contribution in [-0.2, 0) is 20.1 Å². The molecule has 0 aliphatic carbocycles. The van der Waals surface area contributed by atoms with Gasteiger partial charge in [0.1, 0.15) is 10.8 Å². The summed E-state index contributed by atoms with van der Waals surface area (Å²) in [5.74, 6) is 1.05. The summed E-state index contributed by atoms with van der Waals surface area (Å²) in [6, 6.07) is 0. The molecule has 2 heterocycles. The maximum Gasteiger partial charge on any atom is 0.122 e. The van der Waals surface area contributed by atoms with E-state index >= 15 is 0 Å². The fraction of sp³-hybridized carbons (Fsp3) is 0.455. The SMILES string of the molecule is Cc1nc(CNCc2nccn2C)sc1C. The number of thiazole rings is 1. The van der Waals surface area contributed by atoms with Crippen LogP contribution < -0.4 is 5.32 Å². The molecule has 0 atom stereocenters. The molecule has 2 rings (SSSR count). The number of aromatic nitrogens is 3. The van der Waals surface area contributed by atoms with Crippen LogP contribution in [0.4, 0.5) is 0 Å². The first kappa shape index (κ1) is 11.3. The van der Waals surface area contributed by atoms with E-state index in [9.17, 15) is 0 Å². The molecule has 2 aromatic rings. The molecule has 2 aromatic heterocycles. The van der Waals surface area contributed by atoms with Crippen molar-refractivity contribution < 1.29 is 0 Å². The Kier molecular flexibility index (Phi) is 3.36. The minimum absolute atomic E-state index is 0.779. The van der Waals surface area contributed by atoms with Crippen molar-refractivity contribution in [3.63, 3.8) is 0 Å². The van der Waals surface area contributed by atoms with Gasteiger partial charge in [-0.25, -0.2) is 9.97 Å². The summed E-state index contributed by atoms with van der Waals surface area (Å²) in [7, 11) is 2.00. The topological polar surface area (TPSA) is 42.7 Å². The zero-order valence-electron chi connectivity index (χ0n) is 9.82. The predicted molar refractivity (Wildman–Crippen MR) is 65.3 cm³/mol. The van der Waals surface area contributed by atoms with E-state index in [1.165, 1.54) is 4.88 Å². The molecule has 86 valence electrons. The molecule has 0 saturated heterocycles. The molecular weight excluding hydrogens is 220 g/mol. The van der Waals surface area contributed by atoms with Gasteiger partial charge in [0, 0.05) is 30.9 Å². The first-order chi connectivity index (χ1) is 7.66. The van der Waals surface area contributed by atoms with Gasteiger partial charge in [-0.2, -0.15) is 0 Å². The zero-order valence-corrected chi connectivity index (χ0v) is 10.6. The third kappa shape index (κ3) is 2.48. The van der Waals surface area contributed by atoms with Crippen molar-refractivity contribution in [1.29, 1.82) is 0 Å². The lowest BCUT2D eigenvalue weighted by molar-refractivity contribution is 0.636. The third-order valence-electron chi connectivity index (χ3n) is 2.55. The lowest BCUT2D eigenvalue weighted by Gasteiger charge is -2.02. The van der Waals surface area contributed by atoms with Gasteiger partial charge in [-0.1, -0.05) is 0 Å². The average molecular weight is 236 g/mol. The Morgan fingerprint density at radius 1 is 1.38 bits per heavy atom.